The second kappa shape index (κ2) is 5.65. The van der Waals surface area contributed by atoms with E-state index in [4.69, 9.17) is 10.5 Å². The molecule has 2 aromatic carbocycles. The van der Waals surface area contributed by atoms with Crippen molar-refractivity contribution in [1.29, 1.82) is 0 Å². The van der Waals surface area contributed by atoms with Crippen LogP contribution in [0.15, 0.2) is 36.4 Å². The third-order valence-corrected chi connectivity index (χ3v) is 3.34. The molecular formula is C16H18N2O2. The third kappa shape index (κ3) is 2.74. The molecule has 3 N–H and O–H groups in total. The summed E-state index contributed by atoms with van der Waals surface area (Å²) in [6.07, 6.45) is 0. The quantitative estimate of drug-likeness (QED) is 0.842. The standard InChI is InChI=1S/C16H18N2O2/c1-10-7-8-14(17)15(11(10)2)18-16(19)12-5-4-6-13(9-12)20-3/h4-9H,17H2,1-3H3,(H,18,19). The number of nitrogens with one attached hydrogen (secondary N) is 1. The van der Waals surface area contributed by atoms with E-state index in [2.05, 4.69) is 5.32 Å². The smallest absolute Gasteiger partial charge is 0.255 e. The van der Waals surface area contributed by atoms with Gasteiger partial charge in [-0.15, -0.1) is 0 Å². The second-order valence-corrected chi connectivity index (χ2v) is 4.66. The van der Waals surface area contributed by atoms with Crippen LogP contribution >= 0.6 is 0 Å². The maximum Gasteiger partial charge on any atom is 0.255 e. The van der Waals surface area contributed by atoms with Gasteiger partial charge in [-0.25, -0.2) is 0 Å². The lowest BCUT2D eigenvalue weighted by Gasteiger charge is -2.13. The summed E-state index contributed by atoms with van der Waals surface area (Å²) in [4.78, 5) is 12.3. The predicted molar refractivity (Wildman–Crippen MR) is 81.3 cm³/mol. The maximum absolute atomic E-state index is 12.3. The SMILES string of the molecule is COc1cccc(C(=O)Nc2c(N)ccc(C)c2C)c1. The fraction of sp³-hybridized carbons (Fsp3) is 0.188. The van der Waals surface area contributed by atoms with Gasteiger partial charge < -0.3 is 15.8 Å². The fourth-order valence-electron chi connectivity index (χ4n) is 1.95. The van der Waals surface area contributed by atoms with Gasteiger partial charge in [-0.05, 0) is 49.2 Å². The highest BCUT2D eigenvalue weighted by Crippen LogP contribution is 2.26. The van der Waals surface area contributed by atoms with Crippen molar-refractivity contribution in [2.24, 2.45) is 0 Å². The summed E-state index contributed by atoms with van der Waals surface area (Å²) in [5.41, 5.74) is 9.75. The second-order valence-electron chi connectivity index (χ2n) is 4.66. The molecule has 0 aliphatic rings. The Hall–Kier alpha value is -2.49. The van der Waals surface area contributed by atoms with Crippen LogP contribution in [0.5, 0.6) is 5.75 Å². The number of rotatable bonds is 3. The van der Waals surface area contributed by atoms with E-state index >= 15 is 0 Å². The summed E-state index contributed by atoms with van der Waals surface area (Å²) < 4.78 is 5.12. The molecule has 0 aliphatic heterocycles. The van der Waals surface area contributed by atoms with Crippen molar-refractivity contribution in [3.05, 3.63) is 53.1 Å². The van der Waals surface area contributed by atoms with Crippen molar-refractivity contribution in [3.63, 3.8) is 0 Å². The highest BCUT2D eigenvalue weighted by atomic mass is 16.5. The highest BCUT2D eigenvalue weighted by Gasteiger charge is 2.12. The van der Waals surface area contributed by atoms with E-state index < -0.39 is 0 Å². The summed E-state index contributed by atoms with van der Waals surface area (Å²) in [5.74, 6) is 0.441. The van der Waals surface area contributed by atoms with Crippen LogP contribution in [0.3, 0.4) is 0 Å². The molecule has 0 saturated heterocycles. The van der Waals surface area contributed by atoms with Crippen molar-refractivity contribution in [2.45, 2.75) is 13.8 Å². The predicted octanol–water partition coefficient (Wildman–Crippen LogP) is 3.15. The molecule has 4 nitrogen and oxygen atoms in total. The van der Waals surface area contributed by atoms with Crippen molar-refractivity contribution in [2.75, 3.05) is 18.2 Å². The number of nitrogens with two attached hydrogens (primary N) is 1. The van der Waals surface area contributed by atoms with E-state index in [9.17, 15) is 4.79 Å². The maximum atomic E-state index is 12.3. The lowest BCUT2D eigenvalue weighted by atomic mass is 10.1. The molecule has 2 rings (SSSR count). The van der Waals surface area contributed by atoms with Crippen LogP contribution < -0.4 is 15.8 Å². The summed E-state index contributed by atoms with van der Waals surface area (Å²) in [6.45, 7) is 3.92. The van der Waals surface area contributed by atoms with Gasteiger partial charge in [-0.3, -0.25) is 4.79 Å². The molecular weight excluding hydrogens is 252 g/mol. The lowest BCUT2D eigenvalue weighted by Crippen LogP contribution is -2.14. The number of aryl methyl sites for hydroxylation is 1. The number of carbonyl (C=O) groups is 1. The first-order valence-electron chi connectivity index (χ1n) is 6.34. The number of anilines is 2. The van der Waals surface area contributed by atoms with Crippen LogP contribution in [0.1, 0.15) is 21.5 Å². The molecule has 0 aliphatic carbocycles. The minimum atomic E-state index is -0.204. The molecule has 0 fully saturated rings. The van der Waals surface area contributed by atoms with Gasteiger partial charge in [0.2, 0.25) is 0 Å². The van der Waals surface area contributed by atoms with E-state index in [0.717, 1.165) is 11.1 Å². The number of methoxy groups -OCH3 is 1. The van der Waals surface area contributed by atoms with E-state index in [0.29, 0.717) is 22.7 Å². The Bertz CT molecular complexity index is 651. The van der Waals surface area contributed by atoms with Gasteiger partial charge in [-0.2, -0.15) is 0 Å². The topological polar surface area (TPSA) is 64.3 Å². The monoisotopic (exact) mass is 270 g/mol. The Kier molecular flexibility index (Phi) is 3.94. The number of amides is 1. The molecule has 0 bridgehead atoms. The van der Waals surface area contributed by atoms with Gasteiger partial charge >= 0.3 is 0 Å². The largest absolute Gasteiger partial charge is 0.497 e. The van der Waals surface area contributed by atoms with Crippen molar-refractivity contribution < 1.29 is 9.53 Å². The van der Waals surface area contributed by atoms with Crippen molar-refractivity contribution in [3.8, 4) is 5.75 Å². The van der Waals surface area contributed by atoms with Gasteiger partial charge in [0.25, 0.3) is 5.91 Å². The van der Waals surface area contributed by atoms with Gasteiger partial charge in [-0.1, -0.05) is 12.1 Å². The first-order valence-corrected chi connectivity index (χ1v) is 6.34. The molecule has 0 spiro atoms. The van der Waals surface area contributed by atoms with Crippen LogP contribution in [-0.4, -0.2) is 13.0 Å². The molecule has 0 atom stereocenters. The zero-order valence-corrected chi connectivity index (χ0v) is 11.9. The zero-order valence-electron chi connectivity index (χ0n) is 11.9. The summed E-state index contributed by atoms with van der Waals surface area (Å²) in [7, 11) is 1.57. The van der Waals surface area contributed by atoms with E-state index in [1.54, 1.807) is 37.4 Å². The molecule has 2 aromatic rings. The van der Waals surface area contributed by atoms with E-state index in [1.807, 2.05) is 19.9 Å². The molecule has 4 heteroatoms. The molecule has 20 heavy (non-hydrogen) atoms. The normalized spacial score (nSPS) is 10.2. The third-order valence-electron chi connectivity index (χ3n) is 3.34. The molecule has 104 valence electrons. The number of hydrogen-bond donors (Lipinski definition) is 2. The van der Waals surface area contributed by atoms with E-state index in [1.165, 1.54) is 0 Å². The molecule has 1 amide bonds. The van der Waals surface area contributed by atoms with Crippen LogP contribution in [0, 0.1) is 13.8 Å². The molecule has 0 unspecified atom stereocenters. The minimum absolute atomic E-state index is 0.204. The van der Waals surface area contributed by atoms with Gasteiger partial charge in [0, 0.05) is 5.56 Å². The summed E-state index contributed by atoms with van der Waals surface area (Å²) in [5, 5.41) is 2.87. The minimum Gasteiger partial charge on any atom is -0.497 e. The number of ether oxygens (including phenoxy) is 1. The molecule has 0 heterocycles. The fourth-order valence-corrected chi connectivity index (χ4v) is 1.95. The van der Waals surface area contributed by atoms with Gasteiger partial charge in [0.1, 0.15) is 5.75 Å². The number of carbonyl (C=O) groups excluding carboxylic acids is 1. The number of hydrogen-bond acceptors (Lipinski definition) is 3. The average molecular weight is 270 g/mol. The Balaban J connectivity index is 2.30. The van der Waals surface area contributed by atoms with Crippen LogP contribution in [0.4, 0.5) is 11.4 Å². The Labute approximate surface area is 118 Å². The Morgan fingerprint density at radius 1 is 1.20 bits per heavy atom. The lowest BCUT2D eigenvalue weighted by molar-refractivity contribution is 0.102. The van der Waals surface area contributed by atoms with Gasteiger partial charge in [0.05, 0.1) is 18.5 Å². The van der Waals surface area contributed by atoms with Crippen molar-refractivity contribution in [1.82, 2.24) is 0 Å². The van der Waals surface area contributed by atoms with Gasteiger partial charge in [0.15, 0.2) is 0 Å². The summed E-state index contributed by atoms with van der Waals surface area (Å²) in [6, 6.07) is 10.7. The van der Waals surface area contributed by atoms with E-state index in [-0.39, 0.29) is 5.91 Å². The highest BCUT2D eigenvalue weighted by molar-refractivity contribution is 6.06. The Morgan fingerprint density at radius 3 is 2.65 bits per heavy atom. The first kappa shape index (κ1) is 13.9. The van der Waals surface area contributed by atoms with Crippen LogP contribution in [0.2, 0.25) is 0 Å². The average Bonchev–Trinajstić information content (AvgIpc) is 2.47. The number of benzene rings is 2. The van der Waals surface area contributed by atoms with Crippen LogP contribution in [-0.2, 0) is 0 Å². The molecule has 0 aromatic heterocycles. The summed E-state index contributed by atoms with van der Waals surface area (Å²) >= 11 is 0. The van der Waals surface area contributed by atoms with Crippen LogP contribution in [0.25, 0.3) is 0 Å². The first-order chi connectivity index (χ1) is 9.52. The molecule has 0 radical (unpaired) electrons. The molecule has 0 saturated carbocycles. The van der Waals surface area contributed by atoms with Crippen molar-refractivity contribution >= 4 is 17.3 Å². The number of nitrogen functional groups attached to an aromatic ring is 1. The zero-order chi connectivity index (χ0) is 14.7. The Morgan fingerprint density at radius 2 is 1.95 bits per heavy atom.